The Morgan fingerprint density at radius 2 is 1.10 bits per heavy atom. The normalized spacial score (nSPS) is 14.4. The van der Waals surface area contributed by atoms with E-state index in [4.69, 9.17) is 18.5 Å². The van der Waals surface area contributed by atoms with Crippen LogP contribution in [-0.2, 0) is 32.7 Å². The van der Waals surface area contributed by atoms with Crippen LogP contribution in [0.3, 0.4) is 0 Å². The van der Waals surface area contributed by atoms with Gasteiger partial charge in [-0.15, -0.1) is 0 Å². The van der Waals surface area contributed by atoms with Crippen LogP contribution in [0.25, 0.3) is 0 Å². The van der Waals surface area contributed by atoms with E-state index in [1.165, 1.54) is 122 Å². The fourth-order valence-electron chi connectivity index (χ4n) is 6.54. The summed E-state index contributed by atoms with van der Waals surface area (Å²) in [6.45, 7) is 4.00. The number of phosphoric acid groups is 1. The summed E-state index contributed by atoms with van der Waals surface area (Å²) in [6, 6.07) is 0. The van der Waals surface area contributed by atoms with E-state index in [0.29, 0.717) is 30.3 Å². The number of carbonyl (C=O) groups is 2. The minimum absolute atomic E-state index is 0.000318. The van der Waals surface area contributed by atoms with E-state index in [-0.39, 0.29) is 26.1 Å². The monoisotopic (exact) mass is 882 g/mol. The van der Waals surface area contributed by atoms with E-state index in [9.17, 15) is 24.2 Å². The number of quaternary nitrogens is 1. The molecule has 61 heavy (non-hydrogen) atoms. The zero-order chi connectivity index (χ0) is 45.1. The van der Waals surface area contributed by atoms with E-state index in [0.717, 1.165) is 32.1 Å². The van der Waals surface area contributed by atoms with Gasteiger partial charge in [0.15, 0.2) is 6.10 Å². The van der Waals surface area contributed by atoms with Gasteiger partial charge in [-0.2, -0.15) is 0 Å². The summed E-state index contributed by atoms with van der Waals surface area (Å²) in [5, 5.41) is 10.3. The van der Waals surface area contributed by atoms with Crippen LogP contribution >= 0.6 is 7.82 Å². The Bertz CT molecular complexity index is 1200. The maximum absolute atomic E-state index is 12.7. The number of phosphoric ester groups is 1. The number of nitrogens with zero attached hydrogens (tertiary/aromatic N) is 1. The summed E-state index contributed by atoms with van der Waals surface area (Å²) < 4.78 is 33.8. The Balaban J connectivity index is 4.45. The van der Waals surface area contributed by atoms with Crippen LogP contribution in [-0.4, -0.2) is 81.2 Å². The molecule has 0 bridgehead atoms. The lowest BCUT2D eigenvalue weighted by Crippen LogP contribution is -2.37. The lowest BCUT2D eigenvalue weighted by Gasteiger charge is -2.28. The summed E-state index contributed by atoms with van der Waals surface area (Å²) in [4.78, 5) is 37.7. The van der Waals surface area contributed by atoms with Crippen molar-refractivity contribution in [3.05, 3.63) is 48.6 Å². The first-order valence-electron chi connectivity index (χ1n) is 24.5. The van der Waals surface area contributed by atoms with Crippen molar-refractivity contribution in [2.24, 2.45) is 0 Å². The molecule has 356 valence electrons. The standard InChI is InChI=1S/C50H92NO9P/c1-6-8-10-12-14-16-18-20-21-22-23-24-25-27-29-31-33-35-37-41-49(53)57-45-48(46-59-61(55,56)58-44-43-51(3,4)5)60-50(54)42-38-40-47(52)39-36-34-32-30-28-26-19-17-15-13-11-9-7-2/h20-21,26,28,32,34,36,39,47-48,52H,6-19,22-25,27,29-31,33,35,37-38,40-46H2,1-5H3/b21-20-,28-26+,34-32+,39-36+/t47?,48-/m1/s1. The molecule has 0 aliphatic carbocycles. The first-order valence-corrected chi connectivity index (χ1v) is 25.9. The number of esters is 2. The average molecular weight is 882 g/mol. The zero-order valence-electron chi connectivity index (χ0n) is 39.7. The van der Waals surface area contributed by atoms with Crippen molar-refractivity contribution < 1.29 is 47.2 Å². The highest BCUT2D eigenvalue weighted by molar-refractivity contribution is 7.45. The van der Waals surface area contributed by atoms with Crippen LogP contribution in [0.15, 0.2) is 48.6 Å². The molecular formula is C50H92NO9P. The number of allylic oxidation sites excluding steroid dienone is 7. The Morgan fingerprint density at radius 1 is 0.607 bits per heavy atom. The molecule has 0 rings (SSSR count). The molecule has 0 spiro atoms. The number of likely N-dealkylation sites (N-methyl/N-ethyl adjacent to an activating group) is 1. The summed E-state index contributed by atoms with van der Waals surface area (Å²) in [6.07, 6.45) is 46.0. The van der Waals surface area contributed by atoms with E-state index in [1.807, 2.05) is 33.3 Å². The Hall–Kier alpha value is -2.07. The van der Waals surface area contributed by atoms with Gasteiger partial charge < -0.3 is 33.0 Å². The quantitative estimate of drug-likeness (QED) is 0.0159. The number of aliphatic hydroxyl groups is 1. The Kier molecular flexibility index (Phi) is 40.5. The highest BCUT2D eigenvalue weighted by Crippen LogP contribution is 2.38. The number of hydrogen-bond donors (Lipinski definition) is 1. The average Bonchev–Trinajstić information content (AvgIpc) is 3.21. The van der Waals surface area contributed by atoms with Crippen LogP contribution in [0.2, 0.25) is 0 Å². The summed E-state index contributed by atoms with van der Waals surface area (Å²) >= 11 is 0. The molecule has 0 aromatic rings. The Morgan fingerprint density at radius 3 is 1.64 bits per heavy atom. The minimum Gasteiger partial charge on any atom is -0.756 e. The lowest BCUT2D eigenvalue weighted by molar-refractivity contribution is -0.870. The van der Waals surface area contributed by atoms with E-state index < -0.39 is 38.6 Å². The molecule has 0 saturated carbocycles. The van der Waals surface area contributed by atoms with Gasteiger partial charge in [0, 0.05) is 12.8 Å². The first kappa shape index (κ1) is 58.9. The molecule has 3 atom stereocenters. The fourth-order valence-corrected chi connectivity index (χ4v) is 7.27. The third-order valence-electron chi connectivity index (χ3n) is 10.4. The van der Waals surface area contributed by atoms with Crippen LogP contribution in [0, 0.1) is 0 Å². The topological polar surface area (TPSA) is 131 Å². The lowest BCUT2D eigenvalue weighted by atomic mass is 10.1. The molecule has 1 N–H and O–H groups in total. The van der Waals surface area contributed by atoms with Gasteiger partial charge in [0.05, 0.1) is 33.9 Å². The number of carbonyl (C=O) groups excluding carboxylic acids is 2. The molecule has 0 heterocycles. The number of unbranched alkanes of at least 4 members (excludes halogenated alkanes) is 21. The van der Waals surface area contributed by atoms with Gasteiger partial charge in [-0.25, -0.2) is 0 Å². The summed E-state index contributed by atoms with van der Waals surface area (Å²) in [7, 11) is 1.05. The second-order valence-corrected chi connectivity index (χ2v) is 19.1. The number of hydrogen-bond acceptors (Lipinski definition) is 9. The second-order valence-electron chi connectivity index (χ2n) is 17.7. The van der Waals surface area contributed by atoms with E-state index >= 15 is 0 Å². The van der Waals surface area contributed by atoms with Crippen molar-refractivity contribution in [2.75, 3.05) is 47.5 Å². The molecule has 2 unspecified atom stereocenters. The highest BCUT2D eigenvalue weighted by atomic mass is 31.2. The van der Waals surface area contributed by atoms with E-state index in [1.54, 1.807) is 12.2 Å². The van der Waals surface area contributed by atoms with Crippen molar-refractivity contribution in [2.45, 2.75) is 212 Å². The van der Waals surface area contributed by atoms with Gasteiger partial charge >= 0.3 is 11.9 Å². The van der Waals surface area contributed by atoms with E-state index in [2.05, 4.69) is 38.2 Å². The van der Waals surface area contributed by atoms with Crippen molar-refractivity contribution >= 4 is 19.8 Å². The van der Waals surface area contributed by atoms with Crippen molar-refractivity contribution in [1.29, 1.82) is 0 Å². The molecule has 0 fully saturated rings. The maximum Gasteiger partial charge on any atom is 0.306 e. The minimum atomic E-state index is -4.68. The molecular weight excluding hydrogens is 790 g/mol. The van der Waals surface area contributed by atoms with Crippen LogP contribution in [0.4, 0.5) is 0 Å². The van der Waals surface area contributed by atoms with Gasteiger partial charge in [0.2, 0.25) is 0 Å². The van der Waals surface area contributed by atoms with Gasteiger partial charge in [0.25, 0.3) is 7.82 Å². The SMILES string of the molecule is CCCCCCCC/C=C\CCCCCCCCCCCC(=O)OC[C@H](COP(=O)([O-])OCC[N+](C)(C)C)OC(=O)CCCC(O)/C=C/C=C/C/C=C/CCCCCCCC. The summed E-state index contributed by atoms with van der Waals surface area (Å²) in [5.41, 5.74) is 0. The number of aliphatic hydroxyl groups excluding tert-OH is 1. The summed E-state index contributed by atoms with van der Waals surface area (Å²) in [5.74, 6) is -1.03. The molecule has 11 heteroatoms. The fraction of sp³-hybridized carbons (Fsp3) is 0.800. The molecule has 0 saturated heterocycles. The molecule has 0 aromatic carbocycles. The highest BCUT2D eigenvalue weighted by Gasteiger charge is 2.22. The maximum atomic E-state index is 12.7. The van der Waals surface area contributed by atoms with Crippen LogP contribution in [0.5, 0.6) is 0 Å². The zero-order valence-corrected chi connectivity index (χ0v) is 40.6. The largest absolute Gasteiger partial charge is 0.756 e. The van der Waals surface area contributed by atoms with Crippen molar-refractivity contribution in [3.8, 4) is 0 Å². The van der Waals surface area contributed by atoms with Crippen LogP contribution in [0.1, 0.15) is 200 Å². The first-order chi connectivity index (χ1) is 29.4. The second kappa shape index (κ2) is 41.9. The van der Waals surface area contributed by atoms with Crippen molar-refractivity contribution in [3.63, 3.8) is 0 Å². The molecule has 0 radical (unpaired) electrons. The van der Waals surface area contributed by atoms with Crippen LogP contribution < -0.4 is 4.89 Å². The molecule has 0 aromatic heterocycles. The van der Waals surface area contributed by atoms with Crippen molar-refractivity contribution in [1.82, 2.24) is 0 Å². The van der Waals surface area contributed by atoms with Gasteiger partial charge in [-0.05, 0) is 64.2 Å². The van der Waals surface area contributed by atoms with Gasteiger partial charge in [-0.1, -0.05) is 172 Å². The molecule has 0 aliphatic rings. The molecule has 10 nitrogen and oxygen atoms in total. The molecule has 0 amide bonds. The third-order valence-corrected chi connectivity index (χ3v) is 11.4. The molecule has 0 aliphatic heterocycles. The van der Waals surface area contributed by atoms with Gasteiger partial charge in [0.1, 0.15) is 19.8 Å². The number of ether oxygens (including phenoxy) is 2. The third kappa shape index (κ3) is 45.8. The van der Waals surface area contributed by atoms with Gasteiger partial charge in [-0.3, -0.25) is 14.2 Å². The predicted octanol–water partition coefficient (Wildman–Crippen LogP) is 12.6. The number of rotatable bonds is 44. The predicted molar refractivity (Wildman–Crippen MR) is 251 cm³/mol. The Labute approximate surface area is 374 Å². The smallest absolute Gasteiger partial charge is 0.306 e.